The smallest absolute Gasteiger partial charge is 0.326 e. The highest BCUT2D eigenvalue weighted by Gasteiger charge is 2.21. The normalized spacial score (nSPS) is 11.2. The molecule has 0 saturated heterocycles. The standard InChI is InChI=1S/C25H29FN6O3/c1-25(2,3)14-22(34)31(4)17-7-9-21-20(13-17)28-23(32(21)10-5-11-33)30-24(35)29-19-8-6-16(15-27)12-18(19)26/h6-9,12-13,33H,5,10-11,14H2,1-4H3,(H2,28,29,30,35). The molecule has 184 valence electrons. The average molecular weight is 481 g/mol. The van der Waals surface area contributed by atoms with E-state index in [4.69, 9.17) is 5.26 Å². The number of nitrogens with one attached hydrogen (secondary N) is 2. The van der Waals surface area contributed by atoms with Crippen LogP contribution in [0.5, 0.6) is 0 Å². The van der Waals surface area contributed by atoms with Gasteiger partial charge in [-0.25, -0.2) is 14.2 Å². The van der Waals surface area contributed by atoms with E-state index in [1.54, 1.807) is 34.7 Å². The second-order valence-electron chi connectivity index (χ2n) is 9.41. The van der Waals surface area contributed by atoms with Gasteiger partial charge in [0.15, 0.2) is 0 Å². The highest BCUT2D eigenvalue weighted by atomic mass is 19.1. The largest absolute Gasteiger partial charge is 0.396 e. The molecule has 3 amide bonds. The number of aryl methyl sites for hydroxylation is 1. The van der Waals surface area contributed by atoms with E-state index in [0.29, 0.717) is 36.1 Å². The lowest BCUT2D eigenvalue weighted by molar-refractivity contribution is -0.120. The van der Waals surface area contributed by atoms with Gasteiger partial charge in [0, 0.05) is 32.3 Å². The van der Waals surface area contributed by atoms with Crippen LogP contribution in [-0.2, 0) is 11.3 Å². The third-order valence-electron chi connectivity index (χ3n) is 5.29. The molecule has 0 bridgehead atoms. The number of nitrogens with zero attached hydrogens (tertiary/aromatic N) is 4. The van der Waals surface area contributed by atoms with Gasteiger partial charge in [-0.2, -0.15) is 5.26 Å². The molecule has 3 N–H and O–H groups in total. The van der Waals surface area contributed by atoms with Crippen LogP contribution in [0.25, 0.3) is 11.0 Å². The third-order valence-corrected chi connectivity index (χ3v) is 5.29. The number of amides is 3. The van der Waals surface area contributed by atoms with Crippen molar-refractivity contribution in [1.29, 1.82) is 5.26 Å². The zero-order chi connectivity index (χ0) is 25.8. The molecule has 9 nitrogen and oxygen atoms in total. The van der Waals surface area contributed by atoms with Gasteiger partial charge in [-0.3, -0.25) is 10.1 Å². The van der Waals surface area contributed by atoms with E-state index in [1.165, 1.54) is 12.1 Å². The summed E-state index contributed by atoms with van der Waals surface area (Å²) in [5.41, 5.74) is 1.82. The van der Waals surface area contributed by atoms with Crippen LogP contribution in [0.3, 0.4) is 0 Å². The number of aliphatic hydroxyl groups is 1. The quantitative estimate of drug-likeness (QED) is 0.460. The highest BCUT2D eigenvalue weighted by Crippen LogP contribution is 2.27. The molecule has 35 heavy (non-hydrogen) atoms. The predicted molar refractivity (Wildman–Crippen MR) is 133 cm³/mol. The maximum atomic E-state index is 14.2. The van der Waals surface area contributed by atoms with Crippen LogP contribution in [0, 0.1) is 22.6 Å². The lowest BCUT2D eigenvalue weighted by Gasteiger charge is -2.23. The summed E-state index contributed by atoms with van der Waals surface area (Å²) in [6.07, 6.45) is 0.809. The zero-order valence-electron chi connectivity index (χ0n) is 20.2. The van der Waals surface area contributed by atoms with Gasteiger partial charge in [0.2, 0.25) is 11.9 Å². The van der Waals surface area contributed by atoms with E-state index in [9.17, 15) is 19.1 Å². The van der Waals surface area contributed by atoms with Crippen molar-refractivity contribution < 1.29 is 19.1 Å². The van der Waals surface area contributed by atoms with Crippen molar-refractivity contribution >= 4 is 40.3 Å². The number of benzene rings is 2. The highest BCUT2D eigenvalue weighted by molar-refractivity contribution is 6.00. The third kappa shape index (κ3) is 6.33. The van der Waals surface area contributed by atoms with Crippen LogP contribution in [0.15, 0.2) is 36.4 Å². The van der Waals surface area contributed by atoms with Crippen molar-refractivity contribution in [3.05, 3.63) is 47.8 Å². The van der Waals surface area contributed by atoms with Crippen molar-refractivity contribution in [3.8, 4) is 6.07 Å². The molecule has 0 aliphatic heterocycles. The predicted octanol–water partition coefficient (Wildman–Crippen LogP) is 4.47. The summed E-state index contributed by atoms with van der Waals surface area (Å²) >= 11 is 0. The van der Waals surface area contributed by atoms with E-state index in [0.717, 1.165) is 6.07 Å². The van der Waals surface area contributed by atoms with E-state index >= 15 is 0 Å². The van der Waals surface area contributed by atoms with Gasteiger partial charge >= 0.3 is 6.03 Å². The first kappa shape index (κ1) is 25.6. The number of anilines is 3. The minimum absolute atomic E-state index is 0.0290. The molecule has 0 saturated carbocycles. The molecule has 1 heterocycles. The van der Waals surface area contributed by atoms with Crippen LogP contribution in [-0.4, -0.2) is 40.3 Å². The summed E-state index contributed by atoms with van der Waals surface area (Å²) in [6, 6.07) is 10.2. The summed E-state index contributed by atoms with van der Waals surface area (Å²) < 4.78 is 15.9. The summed E-state index contributed by atoms with van der Waals surface area (Å²) in [7, 11) is 1.71. The number of nitriles is 1. The molecule has 0 fully saturated rings. The van der Waals surface area contributed by atoms with Gasteiger partial charge in [0.25, 0.3) is 0 Å². The molecule has 0 aliphatic rings. The fourth-order valence-electron chi connectivity index (χ4n) is 3.53. The Balaban J connectivity index is 1.87. The molecule has 2 aromatic carbocycles. The van der Waals surface area contributed by atoms with Crippen molar-refractivity contribution in [2.45, 2.75) is 40.2 Å². The lowest BCUT2D eigenvalue weighted by atomic mass is 9.91. The van der Waals surface area contributed by atoms with Gasteiger partial charge in [-0.05, 0) is 48.2 Å². The summed E-state index contributed by atoms with van der Waals surface area (Å²) in [6.45, 7) is 6.32. The number of aliphatic hydroxyl groups excluding tert-OH is 1. The SMILES string of the molecule is CN(C(=O)CC(C)(C)C)c1ccc2c(c1)nc(NC(=O)Nc1ccc(C#N)cc1F)n2CCCO. The van der Waals surface area contributed by atoms with Crippen LogP contribution in [0.1, 0.15) is 39.2 Å². The first-order valence-electron chi connectivity index (χ1n) is 11.2. The van der Waals surface area contributed by atoms with E-state index in [2.05, 4.69) is 15.6 Å². The molecule has 0 unspecified atom stereocenters. The van der Waals surface area contributed by atoms with Crippen LogP contribution in [0.4, 0.5) is 26.5 Å². The Morgan fingerprint density at radius 3 is 2.57 bits per heavy atom. The number of halogens is 1. The van der Waals surface area contributed by atoms with Crippen LogP contribution >= 0.6 is 0 Å². The molecule has 0 spiro atoms. The molecule has 3 rings (SSSR count). The number of carbonyl (C=O) groups excluding carboxylic acids is 2. The van der Waals surface area contributed by atoms with E-state index in [1.807, 2.05) is 26.8 Å². The number of rotatable bonds is 7. The monoisotopic (exact) mass is 480 g/mol. The molecule has 3 aromatic rings. The van der Waals surface area contributed by atoms with Crippen molar-refractivity contribution in [3.63, 3.8) is 0 Å². The second kappa shape index (κ2) is 10.5. The number of urea groups is 1. The maximum absolute atomic E-state index is 14.2. The Morgan fingerprint density at radius 2 is 1.94 bits per heavy atom. The molecule has 0 atom stereocenters. The Kier molecular flexibility index (Phi) is 7.71. The average Bonchev–Trinajstić information content (AvgIpc) is 3.13. The number of hydrogen-bond acceptors (Lipinski definition) is 5. The second-order valence-corrected chi connectivity index (χ2v) is 9.41. The Morgan fingerprint density at radius 1 is 1.20 bits per heavy atom. The molecular formula is C25H29FN6O3. The number of fused-ring (bicyclic) bond motifs is 1. The topological polar surface area (TPSA) is 123 Å². The van der Waals surface area contributed by atoms with Gasteiger partial charge in [-0.15, -0.1) is 0 Å². The number of imidazole rings is 1. The Hall–Kier alpha value is -3.97. The van der Waals surface area contributed by atoms with Gasteiger partial charge < -0.3 is 19.9 Å². The number of aromatic nitrogens is 2. The van der Waals surface area contributed by atoms with Crippen LogP contribution < -0.4 is 15.5 Å². The van der Waals surface area contributed by atoms with Crippen LogP contribution in [0.2, 0.25) is 0 Å². The summed E-state index contributed by atoms with van der Waals surface area (Å²) in [5, 5.41) is 23.2. The van der Waals surface area contributed by atoms with E-state index in [-0.39, 0.29) is 35.1 Å². The maximum Gasteiger partial charge on any atom is 0.326 e. The Bertz CT molecular complexity index is 1290. The van der Waals surface area contributed by atoms with Gasteiger partial charge in [0.05, 0.1) is 28.4 Å². The molecule has 0 aliphatic carbocycles. The van der Waals surface area contributed by atoms with Crippen molar-refractivity contribution in [2.75, 3.05) is 29.2 Å². The first-order valence-corrected chi connectivity index (χ1v) is 11.2. The summed E-state index contributed by atoms with van der Waals surface area (Å²) in [4.78, 5) is 31.3. The molecule has 1 aromatic heterocycles. The fraction of sp³-hybridized carbons (Fsp3) is 0.360. The molecular weight excluding hydrogens is 451 g/mol. The number of hydrogen-bond donors (Lipinski definition) is 3. The van der Waals surface area contributed by atoms with E-state index < -0.39 is 11.8 Å². The van der Waals surface area contributed by atoms with Crippen molar-refractivity contribution in [2.24, 2.45) is 5.41 Å². The summed E-state index contributed by atoms with van der Waals surface area (Å²) in [5.74, 6) is -0.555. The molecule has 0 radical (unpaired) electrons. The Labute approximate surface area is 203 Å². The minimum atomic E-state index is -0.736. The lowest BCUT2D eigenvalue weighted by Crippen LogP contribution is -2.29. The molecule has 10 heteroatoms. The first-order chi connectivity index (χ1) is 16.5. The zero-order valence-corrected chi connectivity index (χ0v) is 20.2. The fourth-order valence-corrected chi connectivity index (χ4v) is 3.53. The van der Waals surface area contributed by atoms with Gasteiger partial charge in [0.1, 0.15) is 5.82 Å². The van der Waals surface area contributed by atoms with Crippen molar-refractivity contribution in [1.82, 2.24) is 9.55 Å². The number of carbonyl (C=O) groups is 2. The van der Waals surface area contributed by atoms with Gasteiger partial charge in [-0.1, -0.05) is 20.8 Å². The minimum Gasteiger partial charge on any atom is -0.396 e.